The Morgan fingerprint density at radius 3 is 2.94 bits per heavy atom. The Kier molecular flexibility index (Phi) is 2.30. The van der Waals surface area contributed by atoms with Gasteiger partial charge in [0.2, 0.25) is 0 Å². The molecule has 0 saturated heterocycles. The second-order valence-electron chi connectivity index (χ2n) is 4.38. The smallest absolute Gasteiger partial charge is 0.152 e. The molecule has 86 valence electrons. The van der Waals surface area contributed by atoms with Crippen LogP contribution in [0.5, 0.6) is 0 Å². The van der Waals surface area contributed by atoms with Gasteiger partial charge in [-0.1, -0.05) is 12.1 Å². The molecule has 1 aromatic carbocycles. The van der Waals surface area contributed by atoms with E-state index in [9.17, 15) is 4.79 Å². The van der Waals surface area contributed by atoms with Gasteiger partial charge < -0.3 is 0 Å². The molecule has 3 rings (SSSR count). The Morgan fingerprint density at radius 1 is 1.29 bits per heavy atom. The van der Waals surface area contributed by atoms with Gasteiger partial charge in [0.1, 0.15) is 0 Å². The number of carbonyl (C=O) groups excluding carboxylic acids is 1. The summed E-state index contributed by atoms with van der Waals surface area (Å²) in [5, 5.41) is 4.38. The van der Waals surface area contributed by atoms with E-state index in [1.807, 2.05) is 35.1 Å². The Balaban J connectivity index is 2.14. The number of fused-ring (bicyclic) bond motifs is 1. The first-order valence-electron chi connectivity index (χ1n) is 5.58. The number of nitrogens with zero attached hydrogens (tertiary/aromatic N) is 3. The van der Waals surface area contributed by atoms with E-state index < -0.39 is 0 Å². The molecule has 0 fully saturated rings. The van der Waals surface area contributed by atoms with Gasteiger partial charge in [0.15, 0.2) is 6.29 Å². The van der Waals surface area contributed by atoms with Gasteiger partial charge in [-0.3, -0.25) is 9.69 Å². The number of rotatable bonds is 2. The van der Waals surface area contributed by atoms with Crippen LogP contribution in [0.3, 0.4) is 0 Å². The fourth-order valence-electron chi connectivity index (χ4n) is 2.30. The normalized spacial score (nSPS) is 14.9. The van der Waals surface area contributed by atoms with E-state index in [0.29, 0.717) is 5.56 Å². The van der Waals surface area contributed by atoms with Crippen LogP contribution in [-0.2, 0) is 13.1 Å². The van der Waals surface area contributed by atoms with Crippen molar-refractivity contribution < 1.29 is 4.79 Å². The Hall–Kier alpha value is -1.94. The Labute approximate surface area is 99.5 Å². The second kappa shape index (κ2) is 3.82. The van der Waals surface area contributed by atoms with Crippen molar-refractivity contribution in [2.45, 2.75) is 13.1 Å². The monoisotopic (exact) mass is 227 g/mol. The lowest BCUT2D eigenvalue weighted by Crippen LogP contribution is -2.12. The zero-order valence-corrected chi connectivity index (χ0v) is 9.63. The maximum absolute atomic E-state index is 11.0. The molecule has 0 bridgehead atoms. The van der Waals surface area contributed by atoms with Gasteiger partial charge in [-0.05, 0) is 19.2 Å². The minimum absolute atomic E-state index is 0.674. The van der Waals surface area contributed by atoms with Crippen LogP contribution in [0.2, 0.25) is 0 Å². The van der Waals surface area contributed by atoms with Crippen molar-refractivity contribution in [1.82, 2.24) is 14.7 Å². The van der Waals surface area contributed by atoms with E-state index in [1.165, 1.54) is 11.3 Å². The molecule has 17 heavy (non-hydrogen) atoms. The van der Waals surface area contributed by atoms with Gasteiger partial charge in [0, 0.05) is 24.2 Å². The van der Waals surface area contributed by atoms with E-state index in [2.05, 4.69) is 17.0 Å². The van der Waals surface area contributed by atoms with Gasteiger partial charge in [0.05, 0.1) is 17.6 Å². The molecule has 2 aromatic rings. The number of aldehydes is 1. The summed E-state index contributed by atoms with van der Waals surface area (Å²) >= 11 is 0. The first kappa shape index (κ1) is 10.2. The van der Waals surface area contributed by atoms with Crippen LogP contribution in [0, 0.1) is 0 Å². The van der Waals surface area contributed by atoms with Crippen LogP contribution in [0.1, 0.15) is 21.6 Å². The maximum Gasteiger partial charge on any atom is 0.152 e. The molecule has 1 aromatic heterocycles. The Morgan fingerprint density at radius 2 is 2.12 bits per heavy atom. The zero-order valence-electron chi connectivity index (χ0n) is 9.63. The molecule has 0 saturated carbocycles. The van der Waals surface area contributed by atoms with E-state index in [4.69, 9.17) is 0 Å². The average molecular weight is 227 g/mol. The van der Waals surface area contributed by atoms with Crippen LogP contribution in [0.25, 0.3) is 5.69 Å². The number of carbonyl (C=O) groups is 1. The van der Waals surface area contributed by atoms with Crippen molar-refractivity contribution in [3.05, 3.63) is 47.3 Å². The van der Waals surface area contributed by atoms with Gasteiger partial charge in [-0.25, -0.2) is 4.68 Å². The summed E-state index contributed by atoms with van der Waals surface area (Å²) in [6.07, 6.45) is 2.77. The predicted molar refractivity (Wildman–Crippen MR) is 64.1 cm³/mol. The standard InChI is InChI=1S/C13H13N3O/c1-15-7-11-6-14-16(13(11)8-15)12-5-3-2-4-10(12)9-17/h2-6,9H,7-8H2,1H3. The van der Waals surface area contributed by atoms with E-state index >= 15 is 0 Å². The highest BCUT2D eigenvalue weighted by Crippen LogP contribution is 2.24. The number of aromatic nitrogens is 2. The number of para-hydroxylation sites is 1. The van der Waals surface area contributed by atoms with E-state index in [1.54, 1.807) is 0 Å². The molecular formula is C13H13N3O. The predicted octanol–water partition coefficient (Wildman–Crippen LogP) is 1.63. The van der Waals surface area contributed by atoms with Crippen LogP contribution in [-0.4, -0.2) is 28.0 Å². The summed E-state index contributed by atoms with van der Waals surface area (Å²) in [5.74, 6) is 0. The summed E-state index contributed by atoms with van der Waals surface area (Å²) in [6, 6.07) is 7.53. The topological polar surface area (TPSA) is 38.1 Å². The third kappa shape index (κ3) is 1.57. The molecule has 0 N–H and O–H groups in total. The van der Waals surface area contributed by atoms with Crippen molar-refractivity contribution >= 4 is 6.29 Å². The molecule has 0 unspecified atom stereocenters. The van der Waals surface area contributed by atoms with E-state index in [-0.39, 0.29) is 0 Å². The molecule has 4 heteroatoms. The lowest BCUT2D eigenvalue weighted by atomic mass is 10.2. The molecule has 0 spiro atoms. The SMILES string of the molecule is CN1Cc2cnn(-c3ccccc3C=O)c2C1. The summed E-state index contributed by atoms with van der Waals surface area (Å²) in [6.45, 7) is 1.81. The number of hydrogen-bond donors (Lipinski definition) is 0. The van der Waals surface area contributed by atoms with Crippen LogP contribution in [0.4, 0.5) is 0 Å². The molecule has 0 aliphatic carbocycles. The fraction of sp³-hybridized carbons (Fsp3) is 0.231. The van der Waals surface area contributed by atoms with Crippen molar-refractivity contribution in [2.24, 2.45) is 0 Å². The molecular weight excluding hydrogens is 214 g/mol. The summed E-state index contributed by atoms with van der Waals surface area (Å²) in [4.78, 5) is 13.3. The average Bonchev–Trinajstić information content (AvgIpc) is 2.87. The van der Waals surface area contributed by atoms with Gasteiger partial charge >= 0.3 is 0 Å². The minimum atomic E-state index is 0.674. The quantitative estimate of drug-likeness (QED) is 0.732. The molecule has 1 aliphatic rings. The van der Waals surface area contributed by atoms with Crippen molar-refractivity contribution in [3.63, 3.8) is 0 Å². The fourth-order valence-corrected chi connectivity index (χ4v) is 2.30. The third-order valence-electron chi connectivity index (χ3n) is 3.11. The highest BCUT2D eigenvalue weighted by atomic mass is 16.1. The number of benzene rings is 1. The van der Waals surface area contributed by atoms with Crippen molar-refractivity contribution in [3.8, 4) is 5.69 Å². The lowest BCUT2D eigenvalue weighted by Gasteiger charge is -2.10. The van der Waals surface area contributed by atoms with Gasteiger partial charge in [-0.2, -0.15) is 5.10 Å². The first-order valence-corrected chi connectivity index (χ1v) is 5.58. The highest BCUT2D eigenvalue weighted by molar-refractivity contribution is 5.80. The molecule has 0 amide bonds. The molecule has 0 radical (unpaired) electrons. The maximum atomic E-state index is 11.0. The van der Waals surface area contributed by atoms with Gasteiger partial charge in [0.25, 0.3) is 0 Å². The molecule has 0 atom stereocenters. The zero-order chi connectivity index (χ0) is 11.8. The first-order chi connectivity index (χ1) is 8.29. The van der Waals surface area contributed by atoms with Crippen molar-refractivity contribution in [2.75, 3.05) is 7.05 Å². The lowest BCUT2D eigenvalue weighted by molar-refractivity contribution is 0.112. The minimum Gasteiger partial charge on any atom is -0.298 e. The number of hydrogen-bond acceptors (Lipinski definition) is 3. The van der Waals surface area contributed by atoms with Gasteiger partial charge in [-0.15, -0.1) is 0 Å². The largest absolute Gasteiger partial charge is 0.298 e. The van der Waals surface area contributed by atoms with Crippen LogP contribution < -0.4 is 0 Å². The summed E-state index contributed by atoms with van der Waals surface area (Å²) in [7, 11) is 2.08. The third-order valence-corrected chi connectivity index (χ3v) is 3.11. The van der Waals surface area contributed by atoms with Crippen LogP contribution >= 0.6 is 0 Å². The van der Waals surface area contributed by atoms with Crippen molar-refractivity contribution in [1.29, 1.82) is 0 Å². The molecule has 2 heterocycles. The summed E-state index contributed by atoms with van der Waals surface area (Å²) in [5.41, 5.74) is 3.96. The van der Waals surface area contributed by atoms with Crippen LogP contribution in [0.15, 0.2) is 30.5 Å². The van der Waals surface area contributed by atoms with E-state index in [0.717, 1.165) is 25.1 Å². The highest BCUT2D eigenvalue weighted by Gasteiger charge is 2.22. The Bertz CT molecular complexity index is 574. The molecule has 1 aliphatic heterocycles. The summed E-state index contributed by atoms with van der Waals surface area (Å²) < 4.78 is 1.88. The molecule has 4 nitrogen and oxygen atoms in total. The second-order valence-corrected chi connectivity index (χ2v) is 4.38.